The van der Waals surface area contributed by atoms with Gasteiger partial charge in [-0.15, -0.1) is 0 Å². The Morgan fingerprint density at radius 3 is 2.33 bits per heavy atom. The van der Waals surface area contributed by atoms with Crippen LogP contribution in [0.4, 0.5) is 0 Å². The number of nitrogens with one attached hydrogen (secondary N) is 1. The minimum Gasteiger partial charge on any atom is -0.390 e. The van der Waals surface area contributed by atoms with Crippen LogP contribution >= 0.6 is 0 Å². The zero-order valence-electron chi connectivity index (χ0n) is 12.5. The average molecular weight is 254 g/mol. The van der Waals surface area contributed by atoms with Crippen molar-refractivity contribution in [2.24, 2.45) is 11.3 Å². The summed E-state index contributed by atoms with van der Waals surface area (Å²) in [6, 6.07) is 0.639. The zero-order chi connectivity index (χ0) is 13.4. The van der Waals surface area contributed by atoms with Gasteiger partial charge in [-0.3, -0.25) is 0 Å². The molecule has 0 amide bonds. The fraction of sp³-hybridized carbons (Fsp3) is 1.00. The van der Waals surface area contributed by atoms with E-state index in [0.29, 0.717) is 11.5 Å². The van der Waals surface area contributed by atoms with Crippen LogP contribution in [0.15, 0.2) is 0 Å². The standard InChI is InChI=1S/C15H30N2O/c1-14(2)6-5-12(13(14)16-4)11-17-9-7-15(3,18)8-10-17/h12-13,16,18H,5-11H2,1-4H3. The number of hydrogen-bond acceptors (Lipinski definition) is 3. The quantitative estimate of drug-likeness (QED) is 0.807. The molecule has 1 heterocycles. The van der Waals surface area contributed by atoms with Gasteiger partial charge < -0.3 is 15.3 Å². The van der Waals surface area contributed by atoms with Crippen molar-refractivity contribution in [3.63, 3.8) is 0 Å². The fourth-order valence-corrected chi connectivity index (χ4v) is 3.89. The normalized spacial score (nSPS) is 35.8. The Kier molecular flexibility index (Phi) is 4.05. The first kappa shape index (κ1) is 14.3. The van der Waals surface area contributed by atoms with E-state index in [0.717, 1.165) is 31.8 Å². The third-order valence-electron chi connectivity index (χ3n) is 5.21. The molecular formula is C15H30N2O. The molecule has 0 radical (unpaired) electrons. The van der Waals surface area contributed by atoms with E-state index in [1.807, 2.05) is 6.92 Å². The second-order valence-electron chi connectivity index (χ2n) is 7.35. The van der Waals surface area contributed by atoms with Gasteiger partial charge in [-0.1, -0.05) is 13.8 Å². The molecule has 3 nitrogen and oxygen atoms in total. The van der Waals surface area contributed by atoms with Crippen LogP contribution in [0.2, 0.25) is 0 Å². The minimum atomic E-state index is -0.423. The molecule has 1 saturated carbocycles. The highest BCUT2D eigenvalue weighted by atomic mass is 16.3. The Morgan fingerprint density at radius 2 is 1.78 bits per heavy atom. The van der Waals surface area contributed by atoms with Crippen LogP contribution in [0.1, 0.15) is 46.5 Å². The van der Waals surface area contributed by atoms with Crippen LogP contribution in [0.3, 0.4) is 0 Å². The highest BCUT2D eigenvalue weighted by Crippen LogP contribution is 2.41. The van der Waals surface area contributed by atoms with Crippen molar-refractivity contribution >= 4 is 0 Å². The molecule has 2 rings (SSSR count). The summed E-state index contributed by atoms with van der Waals surface area (Å²) >= 11 is 0. The summed E-state index contributed by atoms with van der Waals surface area (Å²) in [5.74, 6) is 0.771. The van der Waals surface area contributed by atoms with Gasteiger partial charge in [0.2, 0.25) is 0 Å². The number of hydrogen-bond donors (Lipinski definition) is 2. The van der Waals surface area contributed by atoms with Gasteiger partial charge in [-0.25, -0.2) is 0 Å². The lowest BCUT2D eigenvalue weighted by molar-refractivity contribution is -0.00986. The van der Waals surface area contributed by atoms with Gasteiger partial charge in [-0.05, 0) is 51.0 Å². The molecule has 0 spiro atoms. The molecule has 2 unspecified atom stereocenters. The van der Waals surface area contributed by atoms with Crippen molar-refractivity contribution in [2.45, 2.75) is 58.1 Å². The van der Waals surface area contributed by atoms with Gasteiger partial charge in [0.1, 0.15) is 0 Å². The lowest BCUT2D eigenvalue weighted by Crippen LogP contribution is -2.48. The first-order chi connectivity index (χ1) is 8.34. The smallest absolute Gasteiger partial charge is 0.0644 e. The molecule has 3 heteroatoms. The van der Waals surface area contributed by atoms with Gasteiger partial charge in [0.05, 0.1) is 5.60 Å². The van der Waals surface area contributed by atoms with Gasteiger partial charge >= 0.3 is 0 Å². The number of nitrogens with zero attached hydrogens (tertiary/aromatic N) is 1. The van der Waals surface area contributed by atoms with Gasteiger partial charge in [0.25, 0.3) is 0 Å². The van der Waals surface area contributed by atoms with Crippen molar-refractivity contribution in [3.8, 4) is 0 Å². The van der Waals surface area contributed by atoms with E-state index in [2.05, 4.69) is 31.1 Å². The van der Waals surface area contributed by atoms with Crippen LogP contribution in [0.25, 0.3) is 0 Å². The van der Waals surface area contributed by atoms with Gasteiger partial charge in [0.15, 0.2) is 0 Å². The summed E-state index contributed by atoms with van der Waals surface area (Å²) < 4.78 is 0. The Bertz CT molecular complexity index is 278. The maximum atomic E-state index is 10.00. The van der Waals surface area contributed by atoms with Crippen molar-refractivity contribution in [1.29, 1.82) is 0 Å². The largest absolute Gasteiger partial charge is 0.390 e. The van der Waals surface area contributed by atoms with E-state index in [4.69, 9.17) is 0 Å². The number of piperidine rings is 1. The second-order valence-corrected chi connectivity index (χ2v) is 7.35. The summed E-state index contributed by atoms with van der Waals surface area (Å²) in [5.41, 5.74) is 0.00848. The van der Waals surface area contributed by atoms with E-state index in [9.17, 15) is 5.11 Å². The molecule has 1 aliphatic heterocycles. The minimum absolute atomic E-state index is 0.423. The molecule has 0 aromatic heterocycles. The molecule has 18 heavy (non-hydrogen) atoms. The van der Waals surface area contributed by atoms with E-state index in [-0.39, 0.29) is 0 Å². The lowest BCUT2D eigenvalue weighted by atomic mass is 9.84. The molecule has 0 bridgehead atoms. The van der Waals surface area contributed by atoms with Crippen molar-refractivity contribution in [2.75, 3.05) is 26.7 Å². The zero-order valence-corrected chi connectivity index (χ0v) is 12.5. The molecule has 106 valence electrons. The third-order valence-corrected chi connectivity index (χ3v) is 5.21. The molecule has 1 aliphatic carbocycles. The van der Waals surface area contributed by atoms with Crippen molar-refractivity contribution < 1.29 is 5.11 Å². The van der Waals surface area contributed by atoms with Crippen molar-refractivity contribution in [3.05, 3.63) is 0 Å². The Labute approximate surface area is 112 Å². The Hall–Kier alpha value is -0.120. The fourth-order valence-electron chi connectivity index (χ4n) is 3.89. The maximum Gasteiger partial charge on any atom is 0.0644 e. The highest BCUT2D eigenvalue weighted by molar-refractivity contribution is 4.97. The van der Waals surface area contributed by atoms with Gasteiger partial charge in [-0.2, -0.15) is 0 Å². The van der Waals surface area contributed by atoms with Crippen LogP contribution < -0.4 is 5.32 Å². The van der Waals surface area contributed by atoms with Crippen LogP contribution in [0.5, 0.6) is 0 Å². The third kappa shape index (κ3) is 3.06. The number of aliphatic hydroxyl groups is 1. The molecule has 2 N–H and O–H groups in total. The number of rotatable bonds is 3. The van der Waals surface area contributed by atoms with E-state index >= 15 is 0 Å². The van der Waals surface area contributed by atoms with Crippen LogP contribution in [-0.4, -0.2) is 48.3 Å². The maximum absolute atomic E-state index is 10.00. The van der Waals surface area contributed by atoms with E-state index in [1.54, 1.807) is 0 Å². The first-order valence-electron chi connectivity index (χ1n) is 7.46. The van der Waals surface area contributed by atoms with Crippen LogP contribution in [-0.2, 0) is 0 Å². The average Bonchev–Trinajstić information content (AvgIpc) is 2.56. The Balaban J connectivity index is 1.87. The molecule has 2 aliphatic rings. The monoisotopic (exact) mass is 254 g/mol. The molecule has 2 fully saturated rings. The molecule has 0 aromatic carbocycles. The first-order valence-corrected chi connectivity index (χ1v) is 7.46. The summed E-state index contributed by atoms with van der Waals surface area (Å²) in [7, 11) is 2.10. The van der Waals surface area contributed by atoms with Crippen LogP contribution in [0, 0.1) is 11.3 Å². The topological polar surface area (TPSA) is 35.5 Å². The SMILES string of the molecule is CNC1C(CN2CCC(C)(O)CC2)CCC1(C)C. The number of likely N-dealkylation sites (tertiary alicyclic amines) is 1. The molecular weight excluding hydrogens is 224 g/mol. The summed E-state index contributed by atoms with van der Waals surface area (Å²) in [4.78, 5) is 2.55. The van der Waals surface area contributed by atoms with E-state index < -0.39 is 5.60 Å². The summed E-state index contributed by atoms with van der Waals surface area (Å²) in [6.45, 7) is 10.1. The Morgan fingerprint density at radius 1 is 1.17 bits per heavy atom. The predicted molar refractivity (Wildman–Crippen MR) is 75.7 cm³/mol. The lowest BCUT2D eigenvalue weighted by Gasteiger charge is -2.39. The van der Waals surface area contributed by atoms with E-state index in [1.165, 1.54) is 19.4 Å². The molecule has 1 saturated heterocycles. The summed E-state index contributed by atoms with van der Waals surface area (Å²) in [6.07, 6.45) is 4.51. The van der Waals surface area contributed by atoms with Gasteiger partial charge in [0, 0.05) is 25.7 Å². The highest BCUT2D eigenvalue weighted by Gasteiger charge is 2.41. The summed E-state index contributed by atoms with van der Waals surface area (Å²) in [5, 5.41) is 13.5. The second kappa shape index (κ2) is 5.10. The molecule has 0 aromatic rings. The predicted octanol–water partition coefficient (Wildman–Crippen LogP) is 1.86. The van der Waals surface area contributed by atoms with Crippen molar-refractivity contribution in [1.82, 2.24) is 10.2 Å². The molecule has 2 atom stereocenters.